The van der Waals surface area contributed by atoms with Gasteiger partial charge in [-0.3, -0.25) is 9.59 Å². The average molecular weight is 653 g/mol. The second-order valence-electron chi connectivity index (χ2n) is 11.6. The predicted molar refractivity (Wildman–Crippen MR) is 189 cm³/mol. The van der Waals surface area contributed by atoms with Crippen molar-refractivity contribution in [1.82, 2.24) is 10.6 Å². The SMILES string of the molecule is CCCCCCOc1ccc(-c2ccc(C3=C4C(=O)NC(c5ccc(-c6ccc(OCCCCCC)cc6)s5)=C4C(=O)N3)s2)cc1. The highest BCUT2D eigenvalue weighted by molar-refractivity contribution is 7.17. The fourth-order valence-electron chi connectivity index (χ4n) is 5.67. The molecule has 0 bridgehead atoms. The molecule has 2 aliphatic rings. The van der Waals surface area contributed by atoms with E-state index in [2.05, 4.69) is 48.7 Å². The first-order valence-electron chi connectivity index (χ1n) is 16.3. The number of benzene rings is 2. The summed E-state index contributed by atoms with van der Waals surface area (Å²) in [5, 5.41) is 5.98. The first kappa shape index (κ1) is 31.8. The molecule has 0 saturated heterocycles. The van der Waals surface area contributed by atoms with Crippen LogP contribution in [0.5, 0.6) is 11.5 Å². The highest BCUT2D eigenvalue weighted by Crippen LogP contribution is 2.43. The van der Waals surface area contributed by atoms with Crippen LogP contribution >= 0.6 is 22.7 Å². The molecule has 0 fully saturated rings. The van der Waals surface area contributed by atoms with Gasteiger partial charge < -0.3 is 20.1 Å². The molecule has 0 saturated carbocycles. The maximum atomic E-state index is 13.3. The van der Waals surface area contributed by atoms with Crippen LogP contribution < -0.4 is 20.1 Å². The van der Waals surface area contributed by atoms with E-state index in [1.165, 1.54) is 38.5 Å². The Morgan fingerprint density at radius 1 is 0.500 bits per heavy atom. The van der Waals surface area contributed by atoms with Gasteiger partial charge in [-0.1, -0.05) is 52.4 Å². The van der Waals surface area contributed by atoms with E-state index < -0.39 is 0 Å². The van der Waals surface area contributed by atoms with Gasteiger partial charge >= 0.3 is 0 Å². The van der Waals surface area contributed by atoms with Gasteiger partial charge in [0.25, 0.3) is 11.8 Å². The molecule has 4 heterocycles. The molecule has 2 N–H and O–H groups in total. The van der Waals surface area contributed by atoms with Gasteiger partial charge in [-0.05, 0) is 96.8 Å². The largest absolute Gasteiger partial charge is 0.494 e. The first-order chi connectivity index (χ1) is 22.6. The smallest absolute Gasteiger partial charge is 0.258 e. The summed E-state index contributed by atoms with van der Waals surface area (Å²) in [6.45, 7) is 5.87. The summed E-state index contributed by atoms with van der Waals surface area (Å²) < 4.78 is 11.8. The normalized spacial score (nSPS) is 14.1. The summed E-state index contributed by atoms with van der Waals surface area (Å²) in [7, 11) is 0. The summed E-state index contributed by atoms with van der Waals surface area (Å²) in [6.07, 6.45) is 9.41. The van der Waals surface area contributed by atoms with Crippen molar-refractivity contribution in [3.8, 4) is 32.4 Å². The van der Waals surface area contributed by atoms with Gasteiger partial charge in [-0.2, -0.15) is 0 Å². The van der Waals surface area contributed by atoms with E-state index in [0.29, 0.717) is 22.5 Å². The Morgan fingerprint density at radius 2 is 0.891 bits per heavy atom. The third kappa shape index (κ3) is 7.13. The number of hydrogen-bond acceptors (Lipinski definition) is 6. The Morgan fingerprint density at radius 3 is 1.28 bits per heavy atom. The third-order valence-electron chi connectivity index (χ3n) is 8.20. The number of amides is 2. The maximum absolute atomic E-state index is 13.3. The van der Waals surface area contributed by atoms with Crippen molar-refractivity contribution in [2.24, 2.45) is 0 Å². The predicted octanol–water partition coefficient (Wildman–Crippen LogP) is 9.44. The molecule has 0 unspecified atom stereocenters. The van der Waals surface area contributed by atoms with Crippen molar-refractivity contribution >= 4 is 45.9 Å². The van der Waals surface area contributed by atoms with Gasteiger partial charge in [0.2, 0.25) is 0 Å². The Balaban J connectivity index is 1.15. The van der Waals surface area contributed by atoms with Gasteiger partial charge in [0.15, 0.2) is 0 Å². The zero-order valence-corrected chi connectivity index (χ0v) is 28.1. The van der Waals surface area contributed by atoms with E-state index in [1.54, 1.807) is 22.7 Å². The summed E-state index contributed by atoms with van der Waals surface area (Å²) in [5.74, 6) is 1.21. The van der Waals surface area contributed by atoms with Crippen molar-refractivity contribution in [3.63, 3.8) is 0 Å². The molecule has 6 rings (SSSR count). The van der Waals surface area contributed by atoms with Crippen LogP contribution in [0.1, 0.15) is 75.0 Å². The van der Waals surface area contributed by atoms with E-state index in [0.717, 1.165) is 68.2 Å². The van der Waals surface area contributed by atoms with Crippen molar-refractivity contribution in [2.45, 2.75) is 65.2 Å². The summed E-state index contributed by atoms with van der Waals surface area (Å²) >= 11 is 3.11. The highest BCUT2D eigenvalue weighted by atomic mass is 32.1. The Bertz CT molecular complexity index is 1620. The molecule has 2 amide bonds. The third-order valence-corrected chi connectivity index (χ3v) is 10.5. The van der Waals surface area contributed by atoms with Crippen LogP contribution in [0.15, 0.2) is 83.9 Å². The Hall–Kier alpha value is -4.14. The Kier molecular flexibility index (Phi) is 10.4. The molecule has 238 valence electrons. The fraction of sp³-hybridized carbons (Fsp3) is 0.316. The van der Waals surface area contributed by atoms with Gasteiger partial charge in [-0.25, -0.2) is 0 Å². The number of hydrogen-bond donors (Lipinski definition) is 2. The molecule has 0 radical (unpaired) electrons. The van der Waals surface area contributed by atoms with Crippen LogP contribution in [-0.4, -0.2) is 25.0 Å². The Labute approximate surface area is 279 Å². The lowest BCUT2D eigenvalue weighted by Crippen LogP contribution is -2.20. The van der Waals surface area contributed by atoms with E-state index in [9.17, 15) is 9.59 Å². The number of ether oxygens (including phenoxy) is 2. The molecule has 4 aromatic rings. The summed E-state index contributed by atoms with van der Waals surface area (Å²) in [4.78, 5) is 30.3. The molecule has 0 spiro atoms. The lowest BCUT2D eigenvalue weighted by Gasteiger charge is -2.07. The number of rotatable bonds is 16. The summed E-state index contributed by atoms with van der Waals surface area (Å²) in [6, 6.07) is 24.2. The standard InChI is InChI=1S/C38H40N2O4S2/c1-3-5-7-9-23-43-27-15-11-25(12-16-27)29-19-21-31(45-29)35-33-34(38(42)39-35)36(40-37(33)41)32-22-20-30(46-32)26-13-17-28(18-14-26)44-24-10-8-6-4-2/h11-22H,3-10,23-24H2,1-2H3,(H,39,42)(H,40,41). The highest BCUT2D eigenvalue weighted by Gasteiger charge is 2.41. The van der Waals surface area contributed by atoms with Crippen molar-refractivity contribution in [3.05, 3.63) is 93.7 Å². The van der Waals surface area contributed by atoms with Crippen LogP contribution in [0.3, 0.4) is 0 Å². The second kappa shape index (κ2) is 15.0. The quantitative estimate of drug-likeness (QED) is 0.118. The topological polar surface area (TPSA) is 76.7 Å². The van der Waals surface area contributed by atoms with E-state index in [4.69, 9.17) is 9.47 Å². The molecule has 46 heavy (non-hydrogen) atoms. The van der Waals surface area contributed by atoms with Crippen molar-refractivity contribution in [1.29, 1.82) is 0 Å². The molecule has 2 aliphatic heterocycles. The summed E-state index contributed by atoms with van der Waals surface area (Å²) in [5.41, 5.74) is 4.09. The zero-order valence-electron chi connectivity index (χ0n) is 26.4. The van der Waals surface area contributed by atoms with Gasteiger partial charge in [0.1, 0.15) is 11.5 Å². The van der Waals surface area contributed by atoms with Crippen LogP contribution in [-0.2, 0) is 9.59 Å². The van der Waals surface area contributed by atoms with Crippen molar-refractivity contribution < 1.29 is 19.1 Å². The molecule has 6 nitrogen and oxygen atoms in total. The number of unbranched alkanes of at least 4 members (excludes halogenated alkanes) is 6. The molecular weight excluding hydrogens is 613 g/mol. The minimum absolute atomic E-state index is 0.260. The lowest BCUT2D eigenvalue weighted by molar-refractivity contribution is -0.117. The molecule has 0 atom stereocenters. The number of thiophene rings is 2. The monoisotopic (exact) mass is 652 g/mol. The maximum Gasteiger partial charge on any atom is 0.258 e. The number of nitrogens with one attached hydrogen (secondary N) is 2. The van der Waals surface area contributed by atoms with E-state index in [1.807, 2.05) is 48.5 Å². The second-order valence-corrected chi connectivity index (χ2v) is 13.8. The molecule has 8 heteroatoms. The van der Waals surface area contributed by atoms with Crippen LogP contribution in [0.25, 0.3) is 32.3 Å². The minimum atomic E-state index is -0.260. The molecule has 0 aliphatic carbocycles. The lowest BCUT2D eigenvalue weighted by atomic mass is 10.1. The fourth-order valence-corrected chi connectivity index (χ4v) is 7.71. The molecule has 2 aromatic carbocycles. The average Bonchev–Trinajstić information content (AvgIpc) is 3.88. The number of fused-ring (bicyclic) bond motifs is 1. The van der Waals surface area contributed by atoms with Crippen LogP contribution in [0, 0.1) is 0 Å². The number of carbonyl (C=O) groups excluding carboxylic acids is 2. The van der Waals surface area contributed by atoms with Gasteiger partial charge in [-0.15, -0.1) is 22.7 Å². The van der Waals surface area contributed by atoms with Gasteiger partial charge in [0.05, 0.1) is 45.5 Å². The van der Waals surface area contributed by atoms with Crippen LogP contribution in [0.4, 0.5) is 0 Å². The van der Waals surface area contributed by atoms with Crippen LogP contribution in [0.2, 0.25) is 0 Å². The van der Waals surface area contributed by atoms with E-state index in [-0.39, 0.29) is 11.8 Å². The number of carbonyl (C=O) groups is 2. The van der Waals surface area contributed by atoms with E-state index >= 15 is 0 Å². The zero-order chi connectivity index (χ0) is 31.9. The van der Waals surface area contributed by atoms with Gasteiger partial charge in [0, 0.05) is 9.75 Å². The molecule has 2 aromatic heterocycles. The first-order valence-corrected chi connectivity index (χ1v) is 18.0. The minimum Gasteiger partial charge on any atom is -0.494 e. The van der Waals surface area contributed by atoms with Crippen molar-refractivity contribution in [2.75, 3.05) is 13.2 Å². The molecular formula is C38H40N2O4S2.